The van der Waals surface area contributed by atoms with Crippen molar-refractivity contribution in [3.63, 3.8) is 0 Å². The Labute approximate surface area is 432 Å². The van der Waals surface area contributed by atoms with Crippen LogP contribution in [0.1, 0.15) is 76.3 Å². The Kier molecular flexibility index (Phi) is 13.8. The zero-order valence-electron chi connectivity index (χ0n) is 41.9. The lowest BCUT2D eigenvalue weighted by Gasteiger charge is -2.70. The first-order chi connectivity index (χ1) is 35.7. The summed E-state index contributed by atoms with van der Waals surface area (Å²) in [5.41, 5.74) is 1.54. The van der Waals surface area contributed by atoms with Crippen LogP contribution in [0.2, 0.25) is 0 Å². The number of carbonyl (C=O) groups excluding carboxylic acids is 5. The largest absolute Gasteiger partial charge is 0.479 e. The Balaban J connectivity index is 0.738. The van der Waals surface area contributed by atoms with Gasteiger partial charge in [-0.1, -0.05) is 43.7 Å². The van der Waals surface area contributed by atoms with Gasteiger partial charge in [0.1, 0.15) is 43.9 Å². The number of alkyl carbamates (subject to hydrolysis) is 1. The molecule has 2 aromatic carbocycles. The van der Waals surface area contributed by atoms with Crippen LogP contribution in [0.4, 0.5) is 16.2 Å². The van der Waals surface area contributed by atoms with Gasteiger partial charge in [0.15, 0.2) is 17.7 Å². The van der Waals surface area contributed by atoms with Crippen molar-refractivity contribution in [2.75, 3.05) is 43.1 Å². The van der Waals surface area contributed by atoms with Crippen LogP contribution in [0, 0.1) is 45.3 Å². The summed E-state index contributed by atoms with van der Waals surface area (Å²) in [4.78, 5) is 82.7. The molecule has 0 aromatic heterocycles. The van der Waals surface area contributed by atoms with Gasteiger partial charge in [-0.15, -0.1) is 0 Å². The number of aliphatic hydroxyl groups is 5. The molecule has 11 rings (SSSR count). The first kappa shape index (κ1) is 52.7. The number of carbonyl (C=O) groups is 6. The molecule has 404 valence electrons. The number of nitrogens with one attached hydrogen (secondary N) is 3. The van der Waals surface area contributed by atoms with Crippen LogP contribution >= 0.6 is 0 Å². The van der Waals surface area contributed by atoms with Crippen LogP contribution in [0.15, 0.2) is 66.3 Å². The summed E-state index contributed by atoms with van der Waals surface area (Å²) in [6, 6.07) is 12.8. The molecule has 21 nitrogen and oxygen atoms in total. The number of anilines is 2. The van der Waals surface area contributed by atoms with Gasteiger partial charge in [0.2, 0.25) is 18.1 Å². The lowest BCUT2D eigenvalue weighted by molar-refractivity contribution is -0.271. The van der Waals surface area contributed by atoms with E-state index in [4.69, 9.17) is 20.1 Å². The highest BCUT2D eigenvalue weighted by Crippen LogP contribution is 2.73. The Morgan fingerprint density at radius 3 is 2.39 bits per heavy atom. The molecular formula is C54H67N5O16. The maximum Gasteiger partial charge on any atom is 0.407 e. The number of rotatable bonds is 17. The minimum Gasteiger partial charge on any atom is -0.479 e. The molecular weight excluding hydrogens is 975 g/mol. The van der Waals surface area contributed by atoms with E-state index < -0.39 is 95.7 Å². The zero-order valence-corrected chi connectivity index (χ0v) is 41.9. The molecule has 2 saturated heterocycles. The molecule has 0 unspecified atom stereocenters. The minimum atomic E-state index is -1.96. The number of Topliss-reactive ketones (excluding diaryl/α,β-unsaturated/α-hetero) is 1. The Hall–Kier alpha value is -5.78. The number of allylic oxidation sites excluding steroid dienone is 4. The molecule has 13 atom stereocenters. The van der Waals surface area contributed by atoms with Crippen LogP contribution in [0.25, 0.3) is 0 Å². The second-order valence-corrected chi connectivity index (χ2v) is 23.1. The fraction of sp³-hybridized carbons (Fsp3) is 0.593. The number of benzene rings is 2. The fourth-order valence-electron chi connectivity index (χ4n) is 15.5. The summed E-state index contributed by atoms with van der Waals surface area (Å²) in [5.74, 6) is 2.23. The normalized spacial score (nSPS) is 37.8. The summed E-state index contributed by atoms with van der Waals surface area (Å²) in [6.07, 6.45) is 0.439. The molecule has 2 aliphatic heterocycles. The first-order valence-corrected chi connectivity index (χ1v) is 25.8. The van der Waals surface area contributed by atoms with Gasteiger partial charge >= 0.3 is 12.1 Å². The number of hydrogen-bond donors (Lipinski definition) is 10. The van der Waals surface area contributed by atoms with E-state index in [1.54, 1.807) is 12.2 Å². The lowest BCUT2D eigenvalue weighted by Crippen LogP contribution is -2.75. The van der Waals surface area contributed by atoms with Gasteiger partial charge in [-0.3, -0.25) is 24.0 Å². The molecule has 0 spiro atoms. The van der Waals surface area contributed by atoms with Gasteiger partial charge in [-0.25, -0.2) is 15.5 Å². The highest BCUT2D eigenvalue weighted by Gasteiger charge is 2.73. The van der Waals surface area contributed by atoms with Crippen LogP contribution in [0.5, 0.6) is 5.75 Å². The number of aliphatic hydroxyl groups excluding tert-OH is 5. The van der Waals surface area contributed by atoms with Gasteiger partial charge in [0, 0.05) is 48.6 Å². The number of carboxylic acids is 1. The fourth-order valence-corrected chi connectivity index (χ4v) is 15.5. The van der Waals surface area contributed by atoms with Crippen LogP contribution in [-0.2, 0) is 51.3 Å². The van der Waals surface area contributed by atoms with Gasteiger partial charge in [0.05, 0.1) is 17.2 Å². The number of fused-ring (bicyclic) bond motifs is 7. The number of nitrogens with two attached hydrogens (primary N) is 1. The standard InChI is InChI=1S/C54H67N5O16/c1-50-13-11-33(61)16-30(50)6-9-34-35-17-31-20-59(27-54(31,39(63)21-60)51(35,2)19-37(62)42(34)50)32-7-3-28(4-8-32)18-52-24-53(25-52,26-52)58-49(71)72-22-29-5-10-38(36(15-29)57-40(64)12-14-56-41(65)23-73-55)74-48-45(68)43(66)44(67)46(75-48)47(69)70/h3-5,7-8,10-11,13,15-16,31,34-35,37,42-46,48,60,62,66-68H,6,9,12,14,17-27,55H2,1-2H3,(H,56,65)(H,57,64)(H,58,71)(H,69,70)/t31-,34-,35-,37-,42+,43-,44-,45+,46-,48+,50-,51-,52?,53?,54+/m0/s1. The van der Waals surface area contributed by atoms with Crippen molar-refractivity contribution in [1.82, 2.24) is 10.6 Å². The number of ether oxygens (including phenoxy) is 3. The van der Waals surface area contributed by atoms with Gasteiger partial charge in [-0.05, 0) is 127 Å². The molecule has 2 aromatic rings. The van der Waals surface area contributed by atoms with E-state index in [2.05, 4.69) is 63.8 Å². The van der Waals surface area contributed by atoms with Gasteiger partial charge < -0.3 is 65.7 Å². The number of aliphatic carboxylic acids is 1. The Bertz CT molecular complexity index is 2680. The Morgan fingerprint density at radius 2 is 1.68 bits per heavy atom. The highest BCUT2D eigenvalue weighted by molar-refractivity contribution is 6.01. The van der Waals surface area contributed by atoms with E-state index >= 15 is 0 Å². The van der Waals surface area contributed by atoms with E-state index in [9.17, 15) is 59.4 Å². The van der Waals surface area contributed by atoms with E-state index in [-0.39, 0.29) is 71.7 Å². The number of carboxylic acid groups (broad SMARTS) is 1. The molecule has 0 radical (unpaired) electrons. The average Bonchev–Trinajstić information content (AvgIpc) is 3.85. The van der Waals surface area contributed by atoms with E-state index in [0.29, 0.717) is 25.1 Å². The number of amides is 3. The van der Waals surface area contributed by atoms with Crippen molar-refractivity contribution in [3.8, 4) is 5.75 Å². The second-order valence-electron chi connectivity index (χ2n) is 23.1. The topological polar surface area (TPSA) is 326 Å². The second kappa shape index (κ2) is 19.7. The third kappa shape index (κ3) is 9.11. The minimum absolute atomic E-state index is 0.00535. The summed E-state index contributed by atoms with van der Waals surface area (Å²) < 4.78 is 16.6. The van der Waals surface area contributed by atoms with E-state index in [0.717, 1.165) is 61.8 Å². The van der Waals surface area contributed by atoms with Crippen LogP contribution in [0.3, 0.4) is 0 Å². The van der Waals surface area contributed by atoms with Crippen molar-refractivity contribution >= 4 is 46.8 Å². The SMILES string of the molecule is C[C@]12C=CC(=O)C=C1CC[C@@H]1[C@@H]2[C@@H](O)C[C@@]2(C)[C@H]1C[C@H]1CN(c3ccc(CC45CC(NC(=O)OCc6ccc(O[C@@H]7O[C@H](C(=O)O)[C@@H](O)[C@H](O)[C@H]7O)c(NC(=O)CCNC(=O)CON)c6)(C4)C5)cc3)C[C@]12C(=O)CO. The molecule has 7 aliphatic carbocycles. The molecule has 2 bridgehead atoms. The molecule has 9 aliphatic rings. The van der Waals surface area contributed by atoms with Crippen molar-refractivity contribution in [2.24, 2.45) is 51.2 Å². The third-order valence-electron chi connectivity index (χ3n) is 18.7. The highest BCUT2D eigenvalue weighted by atomic mass is 16.7. The summed E-state index contributed by atoms with van der Waals surface area (Å²) in [7, 11) is 0. The van der Waals surface area contributed by atoms with Gasteiger partial charge in [-0.2, -0.15) is 0 Å². The predicted molar refractivity (Wildman–Crippen MR) is 264 cm³/mol. The monoisotopic (exact) mass is 1040 g/mol. The average molecular weight is 1040 g/mol. The summed E-state index contributed by atoms with van der Waals surface area (Å²) >= 11 is 0. The Morgan fingerprint density at radius 1 is 0.947 bits per heavy atom. The molecule has 11 N–H and O–H groups in total. The first-order valence-electron chi connectivity index (χ1n) is 25.8. The summed E-state index contributed by atoms with van der Waals surface area (Å²) in [5, 5.41) is 71.2. The molecule has 3 amide bonds. The van der Waals surface area contributed by atoms with Gasteiger partial charge in [0.25, 0.3) is 0 Å². The number of ketones is 2. The smallest absolute Gasteiger partial charge is 0.407 e. The molecule has 75 heavy (non-hydrogen) atoms. The van der Waals surface area contributed by atoms with Crippen molar-refractivity contribution in [2.45, 2.75) is 121 Å². The molecule has 6 saturated carbocycles. The maximum absolute atomic E-state index is 14.2. The number of nitrogens with zero attached hydrogens (tertiary/aromatic N) is 1. The van der Waals surface area contributed by atoms with Crippen LogP contribution < -0.4 is 31.5 Å². The quantitative estimate of drug-likeness (QED) is 0.101. The molecule has 2 heterocycles. The van der Waals surface area contributed by atoms with Crippen LogP contribution in [-0.4, -0.2) is 141 Å². The van der Waals surface area contributed by atoms with Crippen molar-refractivity contribution < 1.29 is 78.5 Å². The van der Waals surface area contributed by atoms with Crippen molar-refractivity contribution in [3.05, 3.63) is 77.4 Å². The predicted octanol–water partition coefficient (Wildman–Crippen LogP) is 1.56. The summed E-state index contributed by atoms with van der Waals surface area (Å²) in [6.45, 7) is 4.20. The number of hydrogen-bond acceptors (Lipinski definition) is 17. The molecule has 8 fully saturated rings. The van der Waals surface area contributed by atoms with Crippen molar-refractivity contribution in [1.29, 1.82) is 0 Å². The van der Waals surface area contributed by atoms with E-state index in [1.807, 2.05) is 6.08 Å². The maximum atomic E-state index is 14.2. The van der Waals surface area contributed by atoms with E-state index in [1.165, 1.54) is 18.2 Å². The lowest BCUT2D eigenvalue weighted by atomic mass is 9.38. The zero-order chi connectivity index (χ0) is 53.4. The molecule has 21 heteroatoms. The third-order valence-corrected chi connectivity index (χ3v) is 18.7.